The summed E-state index contributed by atoms with van der Waals surface area (Å²) in [5, 5.41) is 3.40. The van der Waals surface area contributed by atoms with Crippen molar-refractivity contribution in [2.45, 2.75) is 45.1 Å². The van der Waals surface area contributed by atoms with Gasteiger partial charge in [-0.05, 0) is 56.8 Å². The highest BCUT2D eigenvalue weighted by Crippen LogP contribution is 2.39. The molecular formula is C16H23F2NO. The molecule has 0 bridgehead atoms. The van der Waals surface area contributed by atoms with Crippen LogP contribution in [0.2, 0.25) is 0 Å². The van der Waals surface area contributed by atoms with Crippen LogP contribution in [0.4, 0.5) is 8.78 Å². The van der Waals surface area contributed by atoms with Crippen molar-refractivity contribution in [2.24, 2.45) is 5.92 Å². The zero-order valence-electron chi connectivity index (χ0n) is 12.2. The summed E-state index contributed by atoms with van der Waals surface area (Å²) in [6.45, 7) is 6.22. The average molecular weight is 283 g/mol. The highest BCUT2D eigenvalue weighted by Gasteiger charge is 2.38. The number of ether oxygens (including phenoxy) is 1. The minimum atomic E-state index is -0.852. The van der Waals surface area contributed by atoms with E-state index >= 15 is 0 Å². The van der Waals surface area contributed by atoms with Crippen molar-refractivity contribution in [3.8, 4) is 5.75 Å². The molecule has 20 heavy (non-hydrogen) atoms. The van der Waals surface area contributed by atoms with Crippen molar-refractivity contribution < 1.29 is 13.5 Å². The van der Waals surface area contributed by atoms with Crippen LogP contribution in [0.15, 0.2) is 18.2 Å². The van der Waals surface area contributed by atoms with Crippen LogP contribution >= 0.6 is 0 Å². The van der Waals surface area contributed by atoms with Gasteiger partial charge in [0.1, 0.15) is 11.4 Å². The zero-order valence-corrected chi connectivity index (χ0v) is 12.2. The third-order valence-electron chi connectivity index (χ3n) is 3.80. The molecule has 1 aliphatic carbocycles. The van der Waals surface area contributed by atoms with E-state index in [1.54, 1.807) is 0 Å². The lowest BCUT2D eigenvalue weighted by Crippen LogP contribution is -2.45. The highest BCUT2D eigenvalue weighted by molar-refractivity contribution is 5.25. The van der Waals surface area contributed by atoms with Crippen LogP contribution in [0.1, 0.15) is 39.5 Å². The predicted molar refractivity (Wildman–Crippen MR) is 75.9 cm³/mol. The van der Waals surface area contributed by atoms with Crippen LogP contribution in [0.5, 0.6) is 5.75 Å². The fraction of sp³-hybridized carbons (Fsp3) is 0.625. The molecule has 0 radical (unpaired) electrons. The van der Waals surface area contributed by atoms with E-state index < -0.39 is 11.6 Å². The van der Waals surface area contributed by atoms with Gasteiger partial charge in [-0.3, -0.25) is 0 Å². The summed E-state index contributed by atoms with van der Waals surface area (Å²) in [5.41, 5.74) is -0.200. The van der Waals surface area contributed by atoms with Crippen molar-refractivity contribution in [3.05, 3.63) is 29.8 Å². The molecule has 1 N–H and O–H groups in total. The Morgan fingerprint density at radius 2 is 2.00 bits per heavy atom. The summed E-state index contributed by atoms with van der Waals surface area (Å²) < 4.78 is 32.0. The Bertz CT molecular complexity index is 444. The predicted octanol–water partition coefficient (Wildman–Crippen LogP) is 3.90. The maximum atomic E-state index is 13.2. The standard InChI is InChI=1S/C16H23F2NO/c1-12(2)11-19-9-8-16(6-3-7-16)20-13-4-5-14(17)15(18)10-13/h4-5,10,12,19H,3,6-9,11H2,1-2H3. The van der Waals surface area contributed by atoms with Crippen LogP contribution in [0.25, 0.3) is 0 Å². The van der Waals surface area contributed by atoms with Crippen LogP contribution in [0.3, 0.4) is 0 Å². The molecule has 0 heterocycles. The monoisotopic (exact) mass is 283 g/mol. The van der Waals surface area contributed by atoms with Gasteiger partial charge in [0.05, 0.1) is 0 Å². The molecule has 0 saturated heterocycles. The van der Waals surface area contributed by atoms with Gasteiger partial charge in [0.25, 0.3) is 0 Å². The van der Waals surface area contributed by atoms with E-state index in [0.717, 1.165) is 50.9 Å². The Morgan fingerprint density at radius 1 is 1.25 bits per heavy atom. The van der Waals surface area contributed by atoms with Crippen molar-refractivity contribution in [2.75, 3.05) is 13.1 Å². The van der Waals surface area contributed by atoms with E-state index in [-0.39, 0.29) is 5.60 Å². The molecule has 4 heteroatoms. The third-order valence-corrected chi connectivity index (χ3v) is 3.80. The number of benzene rings is 1. The van der Waals surface area contributed by atoms with E-state index in [0.29, 0.717) is 11.7 Å². The largest absolute Gasteiger partial charge is 0.487 e. The van der Waals surface area contributed by atoms with Gasteiger partial charge in [0, 0.05) is 6.07 Å². The molecule has 0 atom stereocenters. The summed E-state index contributed by atoms with van der Waals surface area (Å²) >= 11 is 0. The summed E-state index contributed by atoms with van der Waals surface area (Å²) in [6, 6.07) is 3.75. The first-order valence-corrected chi connectivity index (χ1v) is 7.35. The number of hydrogen-bond donors (Lipinski definition) is 1. The lowest BCUT2D eigenvalue weighted by atomic mass is 9.77. The first kappa shape index (κ1) is 15.2. The summed E-state index contributed by atoms with van der Waals surface area (Å²) in [4.78, 5) is 0. The number of nitrogens with one attached hydrogen (secondary N) is 1. The van der Waals surface area contributed by atoms with Gasteiger partial charge in [-0.15, -0.1) is 0 Å². The molecule has 0 amide bonds. The number of halogens is 2. The van der Waals surface area contributed by atoms with Crippen molar-refractivity contribution >= 4 is 0 Å². The lowest BCUT2D eigenvalue weighted by Gasteiger charge is -2.42. The van der Waals surface area contributed by atoms with Gasteiger partial charge in [0.2, 0.25) is 0 Å². The van der Waals surface area contributed by atoms with Crippen molar-refractivity contribution in [1.82, 2.24) is 5.32 Å². The molecule has 0 aliphatic heterocycles. The van der Waals surface area contributed by atoms with Gasteiger partial charge < -0.3 is 10.1 Å². The first-order valence-electron chi connectivity index (χ1n) is 7.35. The maximum Gasteiger partial charge on any atom is 0.162 e. The average Bonchev–Trinajstić information content (AvgIpc) is 2.35. The van der Waals surface area contributed by atoms with Crippen molar-refractivity contribution in [1.29, 1.82) is 0 Å². The van der Waals surface area contributed by atoms with Crippen LogP contribution < -0.4 is 10.1 Å². The van der Waals surface area contributed by atoms with Gasteiger partial charge in [-0.1, -0.05) is 13.8 Å². The Morgan fingerprint density at radius 3 is 2.55 bits per heavy atom. The van der Waals surface area contributed by atoms with Gasteiger partial charge in [-0.25, -0.2) is 8.78 Å². The molecule has 0 spiro atoms. The normalized spacial score (nSPS) is 17.1. The molecule has 1 aromatic rings. The molecule has 1 fully saturated rings. The first-order chi connectivity index (χ1) is 9.51. The van der Waals surface area contributed by atoms with E-state index in [2.05, 4.69) is 19.2 Å². The van der Waals surface area contributed by atoms with E-state index in [1.165, 1.54) is 6.07 Å². The fourth-order valence-corrected chi connectivity index (χ4v) is 2.47. The highest BCUT2D eigenvalue weighted by atomic mass is 19.2. The second-order valence-corrected chi connectivity index (χ2v) is 6.06. The summed E-state index contributed by atoms with van der Waals surface area (Å²) in [7, 11) is 0. The molecule has 1 aliphatic rings. The second kappa shape index (κ2) is 6.53. The van der Waals surface area contributed by atoms with Gasteiger partial charge >= 0.3 is 0 Å². The Kier molecular flexibility index (Phi) is 4.97. The maximum absolute atomic E-state index is 13.2. The minimum absolute atomic E-state index is 0.200. The van der Waals surface area contributed by atoms with E-state index in [9.17, 15) is 8.78 Å². The summed E-state index contributed by atoms with van der Waals surface area (Å²) in [6.07, 6.45) is 4.00. The summed E-state index contributed by atoms with van der Waals surface area (Å²) in [5.74, 6) is -0.638. The van der Waals surface area contributed by atoms with Crippen LogP contribution in [0, 0.1) is 17.6 Å². The molecular weight excluding hydrogens is 260 g/mol. The number of rotatable bonds is 7. The molecule has 2 nitrogen and oxygen atoms in total. The molecule has 112 valence electrons. The van der Waals surface area contributed by atoms with Crippen molar-refractivity contribution in [3.63, 3.8) is 0 Å². The van der Waals surface area contributed by atoms with Gasteiger partial charge in [-0.2, -0.15) is 0 Å². The van der Waals surface area contributed by atoms with E-state index in [4.69, 9.17) is 4.74 Å². The van der Waals surface area contributed by atoms with Gasteiger partial charge in [0.15, 0.2) is 11.6 Å². The second-order valence-electron chi connectivity index (χ2n) is 6.06. The lowest BCUT2D eigenvalue weighted by molar-refractivity contribution is -0.0146. The number of hydrogen-bond acceptors (Lipinski definition) is 2. The fourth-order valence-electron chi connectivity index (χ4n) is 2.47. The van der Waals surface area contributed by atoms with Crippen LogP contribution in [-0.2, 0) is 0 Å². The molecule has 2 rings (SSSR count). The smallest absolute Gasteiger partial charge is 0.162 e. The molecule has 1 aromatic carbocycles. The topological polar surface area (TPSA) is 21.3 Å². The molecule has 0 unspecified atom stereocenters. The Balaban J connectivity index is 1.88. The zero-order chi connectivity index (χ0) is 14.6. The SMILES string of the molecule is CC(C)CNCCC1(Oc2ccc(F)c(F)c2)CCC1. The minimum Gasteiger partial charge on any atom is -0.487 e. The quantitative estimate of drug-likeness (QED) is 0.766. The Labute approximate surface area is 119 Å². The van der Waals surface area contributed by atoms with E-state index in [1.807, 2.05) is 0 Å². The molecule has 1 saturated carbocycles. The Hall–Kier alpha value is -1.16. The third kappa shape index (κ3) is 3.92. The molecule has 0 aromatic heterocycles. The van der Waals surface area contributed by atoms with Crippen LogP contribution in [-0.4, -0.2) is 18.7 Å².